The number of ether oxygens (including phenoxy) is 1. The Balaban J connectivity index is 0.000000340. The van der Waals surface area contributed by atoms with Crippen molar-refractivity contribution >= 4 is 41.2 Å². The minimum atomic E-state index is -1.47. The van der Waals surface area contributed by atoms with Gasteiger partial charge in [0.1, 0.15) is 39.5 Å². The van der Waals surface area contributed by atoms with Gasteiger partial charge >= 0.3 is 29.8 Å². The van der Waals surface area contributed by atoms with Crippen LogP contribution in [0.25, 0.3) is 5.57 Å². The Morgan fingerprint density at radius 2 is 1.14 bits per heavy atom. The van der Waals surface area contributed by atoms with Crippen molar-refractivity contribution in [1.82, 2.24) is 0 Å². The Morgan fingerprint density at radius 1 is 0.636 bits per heavy atom. The lowest BCUT2D eigenvalue weighted by Crippen LogP contribution is -2.13. The standard InChI is InChI=1S/C22H14O9.C9H8O4/c23-16-4-1-10(7-13(16)20(26)27)19(11-2-5-17(24)14(8-11)21(28)29)12-3-6-18(25)15(9-12)22(30)31;1-6(10)13-8-5-3-2-4-7(8)9(11)12/h1-9,23-24H,(H,26,27)(H,28,29)(H,30,31);2-5H,1H3,(H,11,12). The molecule has 0 bridgehead atoms. The van der Waals surface area contributed by atoms with Gasteiger partial charge in [-0.1, -0.05) is 30.3 Å². The summed E-state index contributed by atoms with van der Waals surface area (Å²) in [6, 6.07) is 13.2. The van der Waals surface area contributed by atoms with Gasteiger partial charge < -0.3 is 35.4 Å². The number of allylic oxidation sites excluding steroid dienone is 4. The highest BCUT2D eigenvalue weighted by molar-refractivity contribution is 6.23. The molecule has 4 rings (SSSR count). The molecule has 13 nitrogen and oxygen atoms in total. The van der Waals surface area contributed by atoms with E-state index in [0.717, 1.165) is 36.4 Å². The zero-order valence-corrected chi connectivity index (χ0v) is 22.5. The van der Waals surface area contributed by atoms with Crippen LogP contribution in [0.5, 0.6) is 17.2 Å². The molecular weight excluding hydrogens is 580 g/mol. The Hall–Kier alpha value is -6.50. The minimum absolute atomic E-state index is 0.0160. The normalized spacial score (nSPS) is 11.9. The summed E-state index contributed by atoms with van der Waals surface area (Å²) in [5.74, 6) is -7.64. The van der Waals surface area contributed by atoms with E-state index in [1.54, 1.807) is 12.1 Å². The molecule has 0 aromatic heterocycles. The maximum absolute atomic E-state index is 11.9. The van der Waals surface area contributed by atoms with Gasteiger partial charge in [0.05, 0.1) is 0 Å². The number of hydrogen-bond donors (Lipinski definition) is 6. The molecule has 0 fully saturated rings. The number of carboxylic acid groups (broad SMARTS) is 4. The number of carboxylic acids is 4. The third-order valence-electron chi connectivity index (χ3n) is 5.90. The van der Waals surface area contributed by atoms with Crippen molar-refractivity contribution in [2.24, 2.45) is 0 Å². The fraction of sp³-hybridized carbons (Fsp3) is 0.0323. The van der Waals surface area contributed by atoms with Crippen molar-refractivity contribution in [2.45, 2.75) is 6.92 Å². The predicted octanol–water partition coefficient (Wildman–Crippen LogP) is 3.76. The van der Waals surface area contributed by atoms with Crippen molar-refractivity contribution in [3.8, 4) is 17.2 Å². The lowest BCUT2D eigenvalue weighted by Gasteiger charge is -2.16. The zero-order chi connectivity index (χ0) is 32.7. The van der Waals surface area contributed by atoms with Crippen LogP contribution >= 0.6 is 0 Å². The molecule has 6 N–H and O–H groups in total. The SMILES string of the molecule is CC(=O)Oc1ccccc1C(=O)O.O=C(O)C1=CC(=C(c2ccc(O)c(C(=O)O)c2)c2ccc(O)c(C(=O)O)c2)C=CC1=O. The van der Waals surface area contributed by atoms with Crippen LogP contribution in [0.2, 0.25) is 0 Å². The number of rotatable bonds is 7. The highest BCUT2D eigenvalue weighted by Crippen LogP contribution is 2.35. The largest absolute Gasteiger partial charge is 0.507 e. The number of carbonyl (C=O) groups is 6. The zero-order valence-electron chi connectivity index (χ0n) is 22.5. The summed E-state index contributed by atoms with van der Waals surface area (Å²) in [7, 11) is 0. The third-order valence-corrected chi connectivity index (χ3v) is 5.90. The first-order valence-corrected chi connectivity index (χ1v) is 12.3. The number of aliphatic carboxylic acids is 1. The number of para-hydroxylation sites is 1. The number of benzene rings is 3. The lowest BCUT2D eigenvalue weighted by atomic mass is 9.87. The van der Waals surface area contributed by atoms with Crippen LogP contribution in [0.1, 0.15) is 49.1 Å². The quantitative estimate of drug-likeness (QED) is 0.129. The van der Waals surface area contributed by atoms with Crippen LogP contribution < -0.4 is 4.74 Å². The smallest absolute Gasteiger partial charge is 0.339 e. The highest BCUT2D eigenvalue weighted by Gasteiger charge is 2.23. The maximum atomic E-state index is 11.9. The van der Waals surface area contributed by atoms with Crippen LogP contribution in [0.15, 0.2) is 90.0 Å². The second-order valence-corrected chi connectivity index (χ2v) is 8.86. The van der Waals surface area contributed by atoms with Gasteiger partial charge in [-0.2, -0.15) is 0 Å². The maximum Gasteiger partial charge on any atom is 0.339 e. The molecule has 3 aromatic carbocycles. The van der Waals surface area contributed by atoms with Crippen molar-refractivity contribution in [2.75, 3.05) is 0 Å². The van der Waals surface area contributed by atoms with E-state index in [9.17, 15) is 54.3 Å². The molecule has 1 aliphatic rings. The van der Waals surface area contributed by atoms with Crippen molar-refractivity contribution in [3.05, 3.63) is 118 Å². The number of hydrogen-bond acceptors (Lipinski definition) is 9. The third kappa shape index (κ3) is 7.41. The van der Waals surface area contributed by atoms with Crippen molar-refractivity contribution in [3.63, 3.8) is 0 Å². The number of aromatic hydroxyl groups is 2. The van der Waals surface area contributed by atoms with Crippen LogP contribution in [0.4, 0.5) is 0 Å². The Bertz CT molecular complexity index is 1740. The van der Waals surface area contributed by atoms with E-state index in [0.29, 0.717) is 0 Å². The fourth-order valence-electron chi connectivity index (χ4n) is 3.97. The molecule has 13 heteroatoms. The molecule has 1 aliphatic carbocycles. The monoisotopic (exact) mass is 602 g/mol. The summed E-state index contributed by atoms with van der Waals surface area (Å²) in [6.45, 7) is 1.22. The van der Waals surface area contributed by atoms with Gasteiger partial charge in [-0.3, -0.25) is 9.59 Å². The van der Waals surface area contributed by atoms with Crippen molar-refractivity contribution < 1.29 is 64.1 Å². The van der Waals surface area contributed by atoms with Gasteiger partial charge in [0, 0.05) is 6.92 Å². The molecule has 0 saturated heterocycles. The van der Waals surface area contributed by atoms with Gasteiger partial charge in [0.15, 0.2) is 5.78 Å². The van der Waals surface area contributed by atoms with Crippen LogP contribution in [-0.2, 0) is 14.4 Å². The number of phenols is 2. The van der Waals surface area contributed by atoms with Gasteiger partial charge in [0.25, 0.3) is 0 Å². The average Bonchev–Trinajstić information content (AvgIpc) is 2.95. The second-order valence-electron chi connectivity index (χ2n) is 8.86. The summed E-state index contributed by atoms with van der Waals surface area (Å²) >= 11 is 0. The van der Waals surface area contributed by atoms with E-state index in [1.807, 2.05) is 0 Å². The summed E-state index contributed by atoms with van der Waals surface area (Å²) in [5.41, 5.74) is -0.660. The highest BCUT2D eigenvalue weighted by atomic mass is 16.5. The van der Waals surface area contributed by atoms with E-state index in [4.69, 9.17) is 5.11 Å². The van der Waals surface area contributed by atoms with Gasteiger partial charge in [-0.05, 0) is 70.8 Å². The molecule has 0 unspecified atom stereocenters. The van der Waals surface area contributed by atoms with Crippen molar-refractivity contribution in [1.29, 1.82) is 0 Å². The van der Waals surface area contributed by atoms with Crippen LogP contribution in [-0.4, -0.2) is 66.3 Å². The summed E-state index contributed by atoms with van der Waals surface area (Å²) in [5, 5.41) is 56.2. The molecule has 3 aromatic rings. The second kappa shape index (κ2) is 13.4. The topological polar surface area (TPSA) is 233 Å². The Morgan fingerprint density at radius 3 is 1.59 bits per heavy atom. The molecule has 224 valence electrons. The molecule has 0 radical (unpaired) electrons. The summed E-state index contributed by atoms with van der Waals surface area (Å²) in [4.78, 5) is 67.4. The predicted molar refractivity (Wildman–Crippen MR) is 151 cm³/mol. The molecule has 0 spiro atoms. The van der Waals surface area contributed by atoms with Gasteiger partial charge in [-0.15, -0.1) is 0 Å². The van der Waals surface area contributed by atoms with Gasteiger partial charge in [-0.25, -0.2) is 19.2 Å². The van der Waals surface area contributed by atoms with E-state index < -0.39 is 63.8 Å². The Kier molecular flexibility index (Phi) is 9.78. The number of carbonyl (C=O) groups excluding carboxylic acids is 2. The molecule has 0 heterocycles. The summed E-state index contributed by atoms with van der Waals surface area (Å²) in [6.07, 6.45) is 3.42. The lowest BCUT2D eigenvalue weighted by molar-refractivity contribution is -0.134. The first-order valence-electron chi connectivity index (χ1n) is 12.3. The van der Waals surface area contributed by atoms with E-state index in [2.05, 4.69) is 4.74 Å². The van der Waals surface area contributed by atoms with Gasteiger partial charge in [0.2, 0.25) is 0 Å². The first-order chi connectivity index (χ1) is 20.7. The average molecular weight is 603 g/mol. The molecule has 0 aliphatic heterocycles. The Labute approximate surface area is 247 Å². The molecular formula is C31H22O13. The van der Waals surface area contributed by atoms with E-state index in [1.165, 1.54) is 37.3 Å². The molecule has 0 amide bonds. The van der Waals surface area contributed by atoms with Crippen LogP contribution in [0.3, 0.4) is 0 Å². The number of ketones is 1. The number of esters is 1. The first kappa shape index (κ1) is 32.0. The van der Waals surface area contributed by atoms with E-state index in [-0.39, 0.29) is 33.6 Å². The fourth-order valence-corrected chi connectivity index (χ4v) is 3.97. The van der Waals surface area contributed by atoms with Crippen LogP contribution in [0, 0.1) is 0 Å². The molecule has 44 heavy (non-hydrogen) atoms. The van der Waals surface area contributed by atoms with E-state index >= 15 is 0 Å². The molecule has 0 saturated carbocycles. The molecule has 0 atom stereocenters. The summed E-state index contributed by atoms with van der Waals surface area (Å²) < 4.78 is 4.69. The minimum Gasteiger partial charge on any atom is -0.507 e. The number of aromatic carboxylic acids is 3.